The summed E-state index contributed by atoms with van der Waals surface area (Å²) in [6.07, 6.45) is -0.920. The number of benzene rings is 1. The highest BCUT2D eigenvalue weighted by molar-refractivity contribution is 7.92. The number of alkyl halides is 3. The van der Waals surface area contributed by atoms with Crippen LogP contribution >= 0.6 is 0 Å². The standard InChI is InChI=1S/C16H15F3N4O2S/c1-10-3-2-4-14-21-15(9-23(10)14)26(24,25)22-12-6-5-11(8-20)13(7-12)16(17,18)19/h5-7,9-10,22H,2-4H2,1H3. The van der Waals surface area contributed by atoms with Gasteiger partial charge in [-0.1, -0.05) is 0 Å². The molecule has 3 rings (SSSR count). The summed E-state index contributed by atoms with van der Waals surface area (Å²) in [4.78, 5) is 4.11. The molecule has 1 atom stereocenters. The van der Waals surface area contributed by atoms with Crippen LogP contribution in [0.4, 0.5) is 18.9 Å². The van der Waals surface area contributed by atoms with Crippen LogP contribution in [-0.4, -0.2) is 18.0 Å². The van der Waals surface area contributed by atoms with Crippen molar-refractivity contribution in [2.24, 2.45) is 0 Å². The predicted octanol–water partition coefficient (Wildman–Crippen LogP) is 3.47. The van der Waals surface area contributed by atoms with Crippen molar-refractivity contribution in [3.05, 3.63) is 41.3 Å². The second-order valence-electron chi connectivity index (χ2n) is 6.12. The van der Waals surface area contributed by atoms with Crippen molar-refractivity contribution in [2.45, 2.75) is 43.4 Å². The van der Waals surface area contributed by atoms with Gasteiger partial charge in [0.05, 0.1) is 17.2 Å². The zero-order valence-corrected chi connectivity index (χ0v) is 14.5. The van der Waals surface area contributed by atoms with Crippen LogP contribution in [0.2, 0.25) is 0 Å². The number of rotatable bonds is 3. The van der Waals surface area contributed by atoms with E-state index < -0.39 is 27.3 Å². The number of halogens is 3. The van der Waals surface area contributed by atoms with Crippen LogP contribution in [0.5, 0.6) is 0 Å². The maximum Gasteiger partial charge on any atom is 0.417 e. The minimum absolute atomic E-state index is 0.113. The molecule has 1 aliphatic heterocycles. The lowest BCUT2D eigenvalue weighted by molar-refractivity contribution is -0.137. The van der Waals surface area contributed by atoms with E-state index in [9.17, 15) is 21.6 Å². The second kappa shape index (κ2) is 6.32. The molecule has 1 unspecified atom stereocenters. The number of imidazole rings is 1. The fourth-order valence-corrected chi connectivity index (χ4v) is 3.97. The molecule has 2 aromatic rings. The van der Waals surface area contributed by atoms with Gasteiger partial charge in [0, 0.05) is 24.3 Å². The summed E-state index contributed by atoms with van der Waals surface area (Å²) in [5.74, 6) is 0.639. The lowest BCUT2D eigenvalue weighted by atomic mass is 10.1. The molecule has 0 radical (unpaired) electrons. The number of hydrogen-bond donors (Lipinski definition) is 1. The van der Waals surface area contributed by atoms with Crippen LogP contribution < -0.4 is 4.72 Å². The van der Waals surface area contributed by atoms with Gasteiger partial charge < -0.3 is 4.57 Å². The average molecular weight is 384 g/mol. The first-order valence-corrected chi connectivity index (χ1v) is 9.32. The van der Waals surface area contributed by atoms with E-state index in [0.29, 0.717) is 18.3 Å². The molecule has 1 aromatic carbocycles. The predicted molar refractivity (Wildman–Crippen MR) is 86.8 cm³/mol. The minimum atomic E-state index is -4.77. The third kappa shape index (κ3) is 3.39. The first-order valence-electron chi connectivity index (χ1n) is 7.84. The molecule has 1 N–H and O–H groups in total. The third-order valence-corrected chi connectivity index (χ3v) is 5.51. The maximum atomic E-state index is 13.0. The molecule has 10 heteroatoms. The number of aryl methyl sites for hydroxylation is 1. The van der Waals surface area contributed by atoms with E-state index in [1.54, 1.807) is 4.57 Å². The molecule has 1 aromatic heterocycles. The maximum absolute atomic E-state index is 13.0. The van der Waals surface area contributed by atoms with Crippen molar-refractivity contribution in [3.8, 4) is 6.07 Å². The number of fused-ring (bicyclic) bond motifs is 1. The largest absolute Gasteiger partial charge is 0.417 e. The number of nitrogens with one attached hydrogen (secondary N) is 1. The lowest BCUT2D eigenvalue weighted by Crippen LogP contribution is -2.15. The SMILES string of the molecule is CC1CCCc2nc(S(=O)(=O)Nc3ccc(C#N)c(C(F)(F)F)c3)cn21. The van der Waals surface area contributed by atoms with Gasteiger partial charge in [0.25, 0.3) is 10.0 Å². The zero-order chi connectivity index (χ0) is 19.1. The van der Waals surface area contributed by atoms with Gasteiger partial charge >= 0.3 is 6.18 Å². The summed E-state index contributed by atoms with van der Waals surface area (Å²) in [5.41, 5.74) is -2.06. The van der Waals surface area contributed by atoms with Gasteiger partial charge in [0.15, 0.2) is 5.03 Å². The molecular formula is C16H15F3N4O2S. The van der Waals surface area contributed by atoms with Crippen molar-refractivity contribution >= 4 is 15.7 Å². The number of sulfonamides is 1. The summed E-state index contributed by atoms with van der Waals surface area (Å²) < 4.78 is 68.0. The van der Waals surface area contributed by atoms with E-state index >= 15 is 0 Å². The van der Waals surface area contributed by atoms with Crippen molar-refractivity contribution < 1.29 is 21.6 Å². The molecule has 0 bridgehead atoms. The number of anilines is 1. The Labute approximate surface area is 148 Å². The van der Waals surface area contributed by atoms with Crippen molar-refractivity contribution in [1.29, 1.82) is 5.26 Å². The Balaban J connectivity index is 1.95. The first kappa shape index (κ1) is 18.3. The summed E-state index contributed by atoms with van der Waals surface area (Å²) >= 11 is 0. The highest BCUT2D eigenvalue weighted by Crippen LogP contribution is 2.34. The summed E-state index contributed by atoms with van der Waals surface area (Å²) in [6, 6.07) is 4.21. The molecule has 6 nitrogen and oxygen atoms in total. The van der Waals surface area contributed by atoms with E-state index in [-0.39, 0.29) is 16.8 Å². The van der Waals surface area contributed by atoms with Crippen LogP contribution in [0.15, 0.2) is 29.4 Å². The topological polar surface area (TPSA) is 87.8 Å². The van der Waals surface area contributed by atoms with E-state index in [1.165, 1.54) is 12.3 Å². The smallest absolute Gasteiger partial charge is 0.331 e. The van der Waals surface area contributed by atoms with E-state index in [1.807, 2.05) is 6.92 Å². The molecule has 0 saturated carbocycles. The average Bonchev–Trinajstić information content (AvgIpc) is 3.00. The van der Waals surface area contributed by atoms with Gasteiger partial charge in [-0.25, -0.2) is 4.98 Å². The fourth-order valence-electron chi connectivity index (χ4n) is 2.95. The Bertz CT molecular complexity index is 990. The van der Waals surface area contributed by atoms with Crippen LogP contribution in [-0.2, 0) is 22.6 Å². The Hall–Kier alpha value is -2.54. The Morgan fingerprint density at radius 2 is 2.12 bits per heavy atom. The molecule has 0 aliphatic carbocycles. The molecule has 1 aliphatic rings. The number of nitrogens with zero attached hydrogens (tertiary/aromatic N) is 3. The molecule has 138 valence electrons. The van der Waals surface area contributed by atoms with Gasteiger partial charge in [-0.2, -0.15) is 26.9 Å². The molecule has 2 heterocycles. The van der Waals surface area contributed by atoms with Gasteiger partial charge in [0.2, 0.25) is 0 Å². The van der Waals surface area contributed by atoms with Gasteiger partial charge in [-0.05, 0) is 38.0 Å². The van der Waals surface area contributed by atoms with Crippen LogP contribution in [0.3, 0.4) is 0 Å². The Kier molecular flexibility index (Phi) is 4.44. The highest BCUT2D eigenvalue weighted by atomic mass is 32.2. The van der Waals surface area contributed by atoms with E-state index in [0.717, 1.165) is 25.0 Å². The zero-order valence-electron chi connectivity index (χ0n) is 13.7. The molecule has 26 heavy (non-hydrogen) atoms. The number of hydrogen-bond acceptors (Lipinski definition) is 4. The van der Waals surface area contributed by atoms with Gasteiger partial charge in [-0.3, -0.25) is 4.72 Å². The number of nitriles is 1. The fraction of sp³-hybridized carbons (Fsp3) is 0.375. The highest BCUT2D eigenvalue weighted by Gasteiger charge is 2.34. The van der Waals surface area contributed by atoms with Crippen LogP contribution in [0.1, 0.15) is 42.8 Å². The summed E-state index contributed by atoms with van der Waals surface area (Å²) in [5, 5.41) is 8.56. The molecule has 0 saturated heterocycles. The molecular weight excluding hydrogens is 369 g/mol. The molecule has 0 amide bonds. The van der Waals surface area contributed by atoms with Crippen LogP contribution in [0, 0.1) is 11.3 Å². The third-order valence-electron chi connectivity index (χ3n) is 4.26. The Morgan fingerprint density at radius 3 is 2.73 bits per heavy atom. The van der Waals surface area contributed by atoms with Crippen molar-refractivity contribution in [3.63, 3.8) is 0 Å². The van der Waals surface area contributed by atoms with Crippen molar-refractivity contribution in [1.82, 2.24) is 9.55 Å². The monoisotopic (exact) mass is 384 g/mol. The summed E-state index contributed by atoms with van der Waals surface area (Å²) in [7, 11) is -4.14. The molecule has 0 fully saturated rings. The Morgan fingerprint density at radius 1 is 1.38 bits per heavy atom. The quantitative estimate of drug-likeness (QED) is 0.878. The number of aromatic nitrogens is 2. The first-order chi connectivity index (χ1) is 12.1. The second-order valence-corrected chi connectivity index (χ2v) is 7.75. The van der Waals surface area contributed by atoms with E-state index in [4.69, 9.17) is 5.26 Å². The lowest BCUT2D eigenvalue weighted by Gasteiger charge is -2.20. The van der Waals surface area contributed by atoms with Crippen LogP contribution in [0.25, 0.3) is 0 Å². The normalized spacial score (nSPS) is 17.4. The summed E-state index contributed by atoms with van der Waals surface area (Å²) in [6.45, 7) is 1.95. The molecule has 0 spiro atoms. The van der Waals surface area contributed by atoms with Gasteiger partial charge in [0.1, 0.15) is 5.82 Å². The van der Waals surface area contributed by atoms with Crippen molar-refractivity contribution in [2.75, 3.05) is 4.72 Å². The van der Waals surface area contributed by atoms with Gasteiger partial charge in [-0.15, -0.1) is 0 Å². The minimum Gasteiger partial charge on any atom is -0.331 e. The van der Waals surface area contributed by atoms with E-state index in [2.05, 4.69) is 9.71 Å².